The maximum Gasteiger partial charge on any atom is 0.411 e. The average molecular weight is 355 g/mol. The van der Waals surface area contributed by atoms with E-state index in [1.165, 1.54) is 6.07 Å². The number of carbonyl (C=O) groups excluding carboxylic acids is 1. The van der Waals surface area contributed by atoms with Crippen LogP contribution in [0.2, 0.25) is 5.02 Å². The van der Waals surface area contributed by atoms with Gasteiger partial charge in [0.15, 0.2) is 0 Å². The number of halogens is 1. The fraction of sp³-hybridized carbons (Fsp3) is 0.400. The third kappa shape index (κ3) is 2.67. The van der Waals surface area contributed by atoms with Gasteiger partial charge < -0.3 is 20.7 Å². The van der Waals surface area contributed by atoms with Crippen molar-refractivity contribution >= 4 is 35.3 Å². The van der Waals surface area contributed by atoms with Crippen molar-refractivity contribution in [1.29, 1.82) is 0 Å². The minimum atomic E-state index is -1.70. The Morgan fingerprint density at radius 2 is 2.04 bits per heavy atom. The molecule has 2 fully saturated rings. The molecule has 128 valence electrons. The monoisotopic (exact) mass is 354 g/mol. The number of anilines is 1. The number of nitrogens with two attached hydrogens (primary N) is 1. The SMILES string of the molecule is NC1(C(=O)O)CC(OC(=O)Nc2cccc(Cl)c2)C2C(C(=O)O)C21. The van der Waals surface area contributed by atoms with Crippen molar-refractivity contribution in [1.82, 2.24) is 0 Å². The van der Waals surface area contributed by atoms with Crippen molar-refractivity contribution in [3.63, 3.8) is 0 Å². The number of hydrogen-bond donors (Lipinski definition) is 4. The number of amides is 1. The molecular weight excluding hydrogens is 340 g/mol. The maximum absolute atomic E-state index is 12.0. The largest absolute Gasteiger partial charge is 0.481 e. The van der Waals surface area contributed by atoms with Gasteiger partial charge in [0.05, 0.1) is 5.92 Å². The smallest absolute Gasteiger partial charge is 0.411 e. The molecule has 5 unspecified atom stereocenters. The predicted molar refractivity (Wildman–Crippen MR) is 82.6 cm³/mol. The summed E-state index contributed by atoms with van der Waals surface area (Å²) in [6.45, 7) is 0. The van der Waals surface area contributed by atoms with Crippen molar-refractivity contribution in [2.45, 2.75) is 18.1 Å². The second-order valence-electron chi connectivity index (χ2n) is 6.10. The van der Waals surface area contributed by atoms with Crippen LogP contribution in [0.25, 0.3) is 0 Å². The van der Waals surface area contributed by atoms with Crippen LogP contribution < -0.4 is 11.1 Å². The molecule has 2 saturated carbocycles. The normalized spacial score (nSPS) is 33.4. The molecule has 0 saturated heterocycles. The van der Waals surface area contributed by atoms with Crippen molar-refractivity contribution in [2.24, 2.45) is 23.5 Å². The molecule has 9 heteroatoms. The zero-order valence-electron chi connectivity index (χ0n) is 12.3. The average Bonchev–Trinajstić information content (AvgIpc) is 3.16. The molecule has 24 heavy (non-hydrogen) atoms. The van der Waals surface area contributed by atoms with E-state index >= 15 is 0 Å². The molecule has 2 aliphatic carbocycles. The first-order valence-corrected chi connectivity index (χ1v) is 7.60. The Morgan fingerprint density at radius 3 is 2.62 bits per heavy atom. The minimum Gasteiger partial charge on any atom is -0.481 e. The Hall–Kier alpha value is -2.32. The molecule has 5 atom stereocenters. The lowest BCUT2D eigenvalue weighted by atomic mass is 9.91. The van der Waals surface area contributed by atoms with E-state index in [2.05, 4.69) is 5.32 Å². The lowest BCUT2D eigenvalue weighted by Crippen LogP contribution is -2.51. The number of hydrogen-bond acceptors (Lipinski definition) is 5. The summed E-state index contributed by atoms with van der Waals surface area (Å²) >= 11 is 5.82. The number of carboxylic acids is 2. The van der Waals surface area contributed by atoms with Gasteiger partial charge in [-0.3, -0.25) is 14.9 Å². The van der Waals surface area contributed by atoms with Gasteiger partial charge >= 0.3 is 18.0 Å². The highest BCUT2D eigenvalue weighted by Gasteiger charge is 2.75. The Morgan fingerprint density at radius 1 is 1.33 bits per heavy atom. The van der Waals surface area contributed by atoms with Crippen molar-refractivity contribution in [2.75, 3.05) is 5.32 Å². The van der Waals surface area contributed by atoms with Crippen LogP contribution >= 0.6 is 11.6 Å². The zero-order chi connectivity index (χ0) is 17.6. The van der Waals surface area contributed by atoms with E-state index in [0.29, 0.717) is 10.7 Å². The number of nitrogens with one attached hydrogen (secondary N) is 1. The van der Waals surface area contributed by atoms with Gasteiger partial charge in [-0.05, 0) is 18.2 Å². The minimum absolute atomic E-state index is 0.121. The van der Waals surface area contributed by atoms with Gasteiger partial charge in [-0.2, -0.15) is 0 Å². The summed E-state index contributed by atoms with van der Waals surface area (Å²) in [5.74, 6) is -4.67. The molecule has 0 aliphatic heterocycles. The second kappa shape index (κ2) is 5.64. The van der Waals surface area contributed by atoms with E-state index in [-0.39, 0.29) is 6.42 Å². The van der Waals surface area contributed by atoms with E-state index in [1.54, 1.807) is 18.2 Å². The first-order valence-electron chi connectivity index (χ1n) is 7.22. The fourth-order valence-corrected chi connectivity index (χ4v) is 3.78. The van der Waals surface area contributed by atoms with Crippen LogP contribution in [0.4, 0.5) is 10.5 Å². The fourth-order valence-electron chi connectivity index (χ4n) is 3.59. The third-order valence-corrected chi connectivity index (χ3v) is 4.89. The summed E-state index contributed by atoms with van der Waals surface area (Å²) < 4.78 is 5.24. The summed E-state index contributed by atoms with van der Waals surface area (Å²) in [6, 6.07) is 6.39. The van der Waals surface area contributed by atoms with Crippen LogP contribution in [0.3, 0.4) is 0 Å². The van der Waals surface area contributed by atoms with E-state index in [9.17, 15) is 24.6 Å². The van der Waals surface area contributed by atoms with Crippen LogP contribution in [0.15, 0.2) is 24.3 Å². The van der Waals surface area contributed by atoms with Gasteiger partial charge in [0.2, 0.25) is 0 Å². The highest BCUT2D eigenvalue weighted by atomic mass is 35.5. The number of rotatable bonds is 4. The molecule has 0 spiro atoms. The van der Waals surface area contributed by atoms with Crippen molar-refractivity contribution < 1.29 is 29.3 Å². The summed E-state index contributed by atoms with van der Waals surface area (Å²) in [6.07, 6.45) is -1.80. The van der Waals surface area contributed by atoms with Crippen molar-refractivity contribution in [3.8, 4) is 0 Å². The molecule has 0 radical (unpaired) electrons. The molecule has 0 aromatic heterocycles. The molecule has 2 aliphatic rings. The lowest BCUT2D eigenvalue weighted by molar-refractivity contribution is -0.146. The molecule has 0 heterocycles. The first-order chi connectivity index (χ1) is 11.2. The van der Waals surface area contributed by atoms with Crippen LogP contribution in [-0.4, -0.2) is 39.9 Å². The number of carbonyl (C=O) groups is 3. The Balaban J connectivity index is 1.70. The van der Waals surface area contributed by atoms with E-state index in [1.807, 2.05) is 0 Å². The molecular formula is C15H15ClN2O6. The highest BCUT2D eigenvalue weighted by Crippen LogP contribution is 2.62. The molecule has 5 N–H and O–H groups in total. The van der Waals surface area contributed by atoms with Gasteiger partial charge in [-0.25, -0.2) is 4.79 Å². The van der Waals surface area contributed by atoms with Crippen LogP contribution in [0.1, 0.15) is 6.42 Å². The molecule has 1 amide bonds. The lowest BCUT2D eigenvalue weighted by Gasteiger charge is -2.24. The standard InChI is InChI=1S/C15H15ClN2O6/c16-6-2-1-3-7(4-6)18-14(23)24-8-5-15(17,13(21)22)11-9(8)10(11)12(19)20/h1-4,8-11H,5,17H2,(H,18,23)(H,19,20)(H,21,22). The van der Waals surface area contributed by atoms with Crippen LogP contribution in [-0.2, 0) is 14.3 Å². The molecule has 3 rings (SSSR count). The van der Waals surface area contributed by atoms with Crippen LogP contribution in [0, 0.1) is 17.8 Å². The number of fused-ring (bicyclic) bond motifs is 1. The summed E-state index contributed by atoms with van der Waals surface area (Å²) in [5, 5.41) is 21.4. The van der Waals surface area contributed by atoms with E-state index in [4.69, 9.17) is 22.1 Å². The topological polar surface area (TPSA) is 139 Å². The Kier molecular flexibility index (Phi) is 3.89. The Labute approximate surface area is 141 Å². The third-order valence-electron chi connectivity index (χ3n) is 4.65. The van der Waals surface area contributed by atoms with Gasteiger partial charge in [-0.1, -0.05) is 17.7 Å². The predicted octanol–water partition coefficient (Wildman–Crippen LogP) is 1.39. The summed E-state index contributed by atoms with van der Waals surface area (Å²) in [7, 11) is 0. The van der Waals surface area contributed by atoms with Gasteiger partial charge in [0.25, 0.3) is 0 Å². The summed E-state index contributed by atoms with van der Waals surface area (Å²) in [5.41, 5.74) is 4.57. The van der Waals surface area contributed by atoms with Gasteiger partial charge in [-0.15, -0.1) is 0 Å². The maximum atomic E-state index is 12.0. The number of benzene rings is 1. The second-order valence-corrected chi connectivity index (χ2v) is 6.53. The van der Waals surface area contributed by atoms with E-state index < -0.39 is 47.4 Å². The van der Waals surface area contributed by atoms with E-state index in [0.717, 1.165) is 0 Å². The Bertz CT molecular complexity index is 726. The highest BCUT2D eigenvalue weighted by molar-refractivity contribution is 6.30. The number of ether oxygens (including phenoxy) is 1. The molecule has 1 aromatic rings. The molecule has 1 aromatic carbocycles. The number of carboxylic acid groups (broad SMARTS) is 2. The van der Waals surface area contributed by atoms with Gasteiger partial charge in [0, 0.05) is 29.0 Å². The first kappa shape index (κ1) is 16.5. The number of aliphatic carboxylic acids is 2. The van der Waals surface area contributed by atoms with Crippen molar-refractivity contribution in [3.05, 3.63) is 29.3 Å². The quantitative estimate of drug-likeness (QED) is 0.640. The molecule has 0 bridgehead atoms. The van der Waals surface area contributed by atoms with Crippen LogP contribution in [0.5, 0.6) is 0 Å². The molecule has 8 nitrogen and oxygen atoms in total. The zero-order valence-corrected chi connectivity index (χ0v) is 13.1. The van der Waals surface area contributed by atoms with Gasteiger partial charge in [0.1, 0.15) is 11.6 Å². The summed E-state index contributed by atoms with van der Waals surface area (Å²) in [4.78, 5) is 34.6.